The summed E-state index contributed by atoms with van der Waals surface area (Å²) in [5, 5.41) is 11.4. The van der Waals surface area contributed by atoms with Gasteiger partial charge in [-0.05, 0) is 37.0 Å². The third-order valence-electron chi connectivity index (χ3n) is 4.17. The molecule has 1 heterocycles. The smallest absolute Gasteiger partial charge is 0.123 e. The summed E-state index contributed by atoms with van der Waals surface area (Å²) < 4.78 is 1.90. The van der Waals surface area contributed by atoms with Crippen molar-refractivity contribution in [3.05, 3.63) is 30.9 Å². The lowest BCUT2D eigenvalue weighted by Crippen LogP contribution is -2.30. The van der Waals surface area contributed by atoms with Gasteiger partial charge in [-0.2, -0.15) is 0 Å². The topological polar surface area (TPSA) is 68.8 Å². The molecule has 0 bridgehead atoms. The molecule has 20 heavy (non-hydrogen) atoms. The highest BCUT2D eigenvalue weighted by atomic mass is 15.2. The molecule has 1 aromatic heterocycles. The largest absolute Gasteiger partial charge is 0.399 e. The van der Waals surface area contributed by atoms with Crippen molar-refractivity contribution in [3.8, 4) is 5.69 Å². The number of anilines is 2. The lowest BCUT2D eigenvalue weighted by Gasteiger charge is -2.31. The van der Waals surface area contributed by atoms with Crippen LogP contribution in [-0.2, 0) is 0 Å². The number of hydrogen-bond acceptors (Lipinski definition) is 4. The monoisotopic (exact) mass is 271 g/mol. The third kappa shape index (κ3) is 2.61. The molecule has 0 unspecified atom stereocenters. The molecular weight excluding hydrogens is 250 g/mol. The number of nitrogens with two attached hydrogens (primary N) is 1. The van der Waals surface area contributed by atoms with Gasteiger partial charge in [0.2, 0.25) is 0 Å². The molecule has 1 aromatic carbocycles. The molecular formula is C15H21N5. The predicted octanol–water partition coefficient (Wildman–Crippen LogP) is 2.84. The minimum Gasteiger partial charge on any atom is -0.399 e. The molecule has 1 aliphatic rings. The SMILES string of the molecule is C[C@@H]1CCCC[C@H]1Nc1ccc(N)cc1-n1cnnc1. The number of hydrogen-bond donors (Lipinski definition) is 2. The lowest BCUT2D eigenvalue weighted by molar-refractivity contribution is 0.349. The highest BCUT2D eigenvalue weighted by Crippen LogP contribution is 2.30. The van der Waals surface area contributed by atoms with E-state index in [1.807, 2.05) is 22.8 Å². The van der Waals surface area contributed by atoms with Crippen LogP contribution in [0.4, 0.5) is 11.4 Å². The van der Waals surface area contributed by atoms with Crippen LogP contribution in [0.25, 0.3) is 5.69 Å². The van der Waals surface area contributed by atoms with Crippen molar-refractivity contribution in [1.82, 2.24) is 14.8 Å². The first-order valence-corrected chi connectivity index (χ1v) is 7.25. The quantitative estimate of drug-likeness (QED) is 0.842. The summed E-state index contributed by atoms with van der Waals surface area (Å²) in [6.45, 7) is 2.33. The standard InChI is InChI=1S/C15H21N5/c1-11-4-2-3-5-13(11)19-14-7-6-12(16)8-15(14)20-9-17-18-10-20/h6-11,13,19H,2-5,16H2,1H3/t11-,13-/m1/s1. The molecule has 0 spiro atoms. The van der Waals surface area contributed by atoms with E-state index in [2.05, 4.69) is 22.4 Å². The molecule has 106 valence electrons. The third-order valence-corrected chi connectivity index (χ3v) is 4.17. The van der Waals surface area contributed by atoms with Crippen molar-refractivity contribution in [3.63, 3.8) is 0 Å². The summed E-state index contributed by atoms with van der Waals surface area (Å²) in [6, 6.07) is 6.47. The second-order valence-corrected chi connectivity index (χ2v) is 5.66. The van der Waals surface area contributed by atoms with Gasteiger partial charge in [-0.1, -0.05) is 19.8 Å². The van der Waals surface area contributed by atoms with Crippen LogP contribution in [0.5, 0.6) is 0 Å². The van der Waals surface area contributed by atoms with Crippen LogP contribution in [0.3, 0.4) is 0 Å². The molecule has 5 heteroatoms. The Labute approximate surface area is 119 Å². The zero-order chi connectivity index (χ0) is 13.9. The molecule has 0 aliphatic heterocycles. The van der Waals surface area contributed by atoms with Gasteiger partial charge in [0.25, 0.3) is 0 Å². The summed E-state index contributed by atoms with van der Waals surface area (Å²) in [6.07, 6.45) is 8.58. The van der Waals surface area contributed by atoms with E-state index >= 15 is 0 Å². The van der Waals surface area contributed by atoms with Crippen molar-refractivity contribution in [1.29, 1.82) is 0 Å². The lowest BCUT2D eigenvalue weighted by atomic mass is 9.86. The Morgan fingerprint density at radius 2 is 1.95 bits per heavy atom. The molecule has 0 saturated heterocycles. The van der Waals surface area contributed by atoms with E-state index in [1.54, 1.807) is 12.7 Å². The first-order chi connectivity index (χ1) is 9.74. The molecule has 1 fully saturated rings. The molecule has 2 atom stereocenters. The molecule has 2 aromatic rings. The van der Waals surface area contributed by atoms with Crippen molar-refractivity contribution in [2.75, 3.05) is 11.1 Å². The van der Waals surface area contributed by atoms with E-state index in [4.69, 9.17) is 5.73 Å². The second-order valence-electron chi connectivity index (χ2n) is 5.66. The van der Waals surface area contributed by atoms with Crippen LogP contribution in [-0.4, -0.2) is 20.8 Å². The summed E-state index contributed by atoms with van der Waals surface area (Å²) >= 11 is 0. The molecule has 1 aliphatic carbocycles. The number of benzene rings is 1. The fraction of sp³-hybridized carbons (Fsp3) is 0.467. The van der Waals surface area contributed by atoms with Crippen molar-refractivity contribution >= 4 is 11.4 Å². The Morgan fingerprint density at radius 1 is 1.20 bits per heavy atom. The molecule has 0 amide bonds. The molecule has 0 radical (unpaired) electrons. The van der Waals surface area contributed by atoms with Gasteiger partial charge in [0, 0.05) is 11.7 Å². The minimum atomic E-state index is 0.530. The molecule has 1 saturated carbocycles. The predicted molar refractivity (Wildman–Crippen MR) is 80.8 cm³/mol. The van der Waals surface area contributed by atoms with E-state index in [0.717, 1.165) is 17.1 Å². The number of nitrogens with one attached hydrogen (secondary N) is 1. The molecule has 5 nitrogen and oxygen atoms in total. The maximum absolute atomic E-state index is 5.91. The van der Waals surface area contributed by atoms with Gasteiger partial charge < -0.3 is 11.1 Å². The number of rotatable bonds is 3. The highest BCUT2D eigenvalue weighted by molar-refractivity contribution is 5.66. The summed E-state index contributed by atoms with van der Waals surface area (Å²) in [5.41, 5.74) is 8.76. The zero-order valence-corrected chi connectivity index (χ0v) is 11.8. The van der Waals surface area contributed by atoms with Crippen molar-refractivity contribution < 1.29 is 0 Å². The number of nitrogen functional groups attached to an aromatic ring is 1. The van der Waals surface area contributed by atoms with Crippen LogP contribution in [0.15, 0.2) is 30.9 Å². The van der Waals surface area contributed by atoms with Crippen LogP contribution < -0.4 is 11.1 Å². The minimum absolute atomic E-state index is 0.530. The Morgan fingerprint density at radius 3 is 2.70 bits per heavy atom. The average molecular weight is 271 g/mol. The Balaban J connectivity index is 1.89. The Hall–Kier alpha value is -2.04. The van der Waals surface area contributed by atoms with E-state index in [9.17, 15) is 0 Å². The van der Waals surface area contributed by atoms with Gasteiger partial charge in [-0.15, -0.1) is 10.2 Å². The fourth-order valence-electron chi connectivity index (χ4n) is 2.94. The Bertz CT molecular complexity index is 564. The first-order valence-electron chi connectivity index (χ1n) is 7.25. The summed E-state index contributed by atoms with van der Waals surface area (Å²) in [4.78, 5) is 0. The maximum Gasteiger partial charge on any atom is 0.123 e. The average Bonchev–Trinajstić information content (AvgIpc) is 2.97. The van der Waals surface area contributed by atoms with Crippen molar-refractivity contribution in [2.45, 2.75) is 38.6 Å². The maximum atomic E-state index is 5.91. The van der Waals surface area contributed by atoms with E-state index < -0.39 is 0 Å². The van der Waals surface area contributed by atoms with Crippen LogP contribution in [0.1, 0.15) is 32.6 Å². The van der Waals surface area contributed by atoms with Gasteiger partial charge in [0.1, 0.15) is 12.7 Å². The summed E-state index contributed by atoms with van der Waals surface area (Å²) in [7, 11) is 0. The van der Waals surface area contributed by atoms with Gasteiger partial charge in [-0.3, -0.25) is 4.57 Å². The second kappa shape index (κ2) is 5.53. The van der Waals surface area contributed by atoms with Crippen LogP contribution in [0.2, 0.25) is 0 Å². The molecule has 3 N–H and O–H groups in total. The van der Waals surface area contributed by atoms with Gasteiger partial charge in [-0.25, -0.2) is 0 Å². The Kier molecular flexibility index (Phi) is 3.58. The van der Waals surface area contributed by atoms with Crippen LogP contribution in [0, 0.1) is 5.92 Å². The van der Waals surface area contributed by atoms with Gasteiger partial charge in [0.05, 0.1) is 11.4 Å². The van der Waals surface area contributed by atoms with Crippen molar-refractivity contribution in [2.24, 2.45) is 5.92 Å². The fourth-order valence-corrected chi connectivity index (χ4v) is 2.94. The number of nitrogens with zero attached hydrogens (tertiary/aromatic N) is 3. The van der Waals surface area contributed by atoms with E-state index in [1.165, 1.54) is 25.7 Å². The van der Waals surface area contributed by atoms with E-state index in [0.29, 0.717) is 12.0 Å². The number of aromatic nitrogens is 3. The first kappa shape index (κ1) is 13.0. The summed E-state index contributed by atoms with van der Waals surface area (Å²) in [5.74, 6) is 0.704. The van der Waals surface area contributed by atoms with Crippen LogP contribution >= 0.6 is 0 Å². The zero-order valence-electron chi connectivity index (χ0n) is 11.8. The van der Waals surface area contributed by atoms with Gasteiger partial charge in [0.15, 0.2) is 0 Å². The van der Waals surface area contributed by atoms with E-state index in [-0.39, 0.29) is 0 Å². The normalized spacial score (nSPS) is 22.6. The highest BCUT2D eigenvalue weighted by Gasteiger charge is 2.22. The van der Waals surface area contributed by atoms with Gasteiger partial charge >= 0.3 is 0 Å². The molecule has 3 rings (SSSR count).